The standard InChI is InChI=1S/C4H5ClN2O/c5-2-1-4-7-6-3-8-4/h3H,1-2H2. The average Bonchev–Trinajstić information content (AvgIpc) is 2.19. The van der Waals surface area contributed by atoms with Crippen LogP contribution in [0, 0.1) is 0 Å². The molecule has 44 valence electrons. The number of alkyl halides is 1. The number of aryl methyl sites for hydroxylation is 1. The summed E-state index contributed by atoms with van der Waals surface area (Å²) < 4.78 is 4.77. The normalized spacial score (nSPS) is 9.62. The molecule has 1 aromatic rings. The molecule has 1 heterocycles. The molecule has 0 saturated carbocycles. The van der Waals surface area contributed by atoms with Crippen LogP contribution in [0.15, 0.2) is 10.8 Å². The van der Waals surface area contributed by atoms with E-state index >= 15 is 0 Å². The van der Waals surface area contributed by atoms with Crippen LogP contribution in [-0.2, 0) is 6.42 Å². The zero-order chi connectivity index (χ0) is 5.82. The Hall–Kier alpha value is -0.570. The lowest BCUT2D eigenvalue weighted by atomic mass is 10.5. The van der Waals surface area contributed by atoms with E-state index in [4.69, 9.17) is 16.0 Å². The van der Waals surface area contributed by atoms with Gasteiger partial charge < -0.3 is 4.42 Å². The van der Waals surface area contributed by atoms with E-state index in [1.807, 2.05) is 0 Å². The van der Waals surface area contributed by atoms with E-state index in [0.717, 1.165) is 0 Å². The van der Waals surface area contributed by atoms with Gasteiger partial charge in [-0.15, -0.1) is 21.8 Å². The molecule has 1 aromatic heterocycles. The number of hydrogen-bond donors (Lipinski definition) is 0. The predicted octanol–water partition coefficient (Wildman–Crippen LogP) is 0.851. The van der Waals surface area contributed by atoms with Crippen molar-refractivity contribution in [3.8, 4) is 0 Å². The van der Waals surface area contributed by atoms with Crippen LogP contribution in [0.5, 0.6) is 0 Å². The monoisotopic (exact) mass is 132 g/mol. The van der Waals surface area contributed by atoms with Gasteiger partial charge in [-0.1, -0.05) is 0 Å². The second kappa shape index (κ2) is 2.67. The van der Waals surface area contributed by atoms with Gasteiger partial charge in [0.2, 0.25) is 12.3 Å². The van der Waals surface area contributed by atoms with E-state index in [2.05, 4.69) is 10.2 Å². The minimum absolute atomic E-state index is 0.530. The van der Waals surface area contributed by atoms with Gasteiger partial charge in [-0.25, -0.2) is 0 Å². The van der Waals surface area contributed by atoms with E-state index < -0.39 is 0 Å². The molecule has 0 aliphatic rings. The zero-order valence-electron chi connectivity index (χ0n) is 4.17. The smallest absolute Gasteiger partial charge is 0.217 e. The molecule has 0 amide bonds. The summed E-state index contributed by atoms with van der Waals surface area (Å²) >= 11 is 5.37. The zero-order valence-corrected chi connectivity index (χ0v) is 4.93. The largest absolute Gasteiger partial charge is 0.428 e. The molecule has 0 unspecified atom stereocenters. The Morgan fingerprint density at radius 2 is 2.62 bits per heavy atom. The summed E-state index contributed by atoms with van der Waals surface area (Å²) in [5.74, 6) is 1.13. The first-order chi connectivity index (χ1) is 3.93. The average molecular weight is 133 g/mol. The molecule has 0 spiro atoms. The van der Waals surface area contributed by atoms with Crippen LogP contribution in [0.4, 0.5) is 0 Å². The lowest BCUT2D eigenvalue weighted by Crippen LogP contribution is -1.84. The summed E-state index contributed by atoms with van der Waals surface area (Å²) in [5, 5.41) is 7.07. The third kappa shape index (κ3) is 1.20. The fourth-order valence-electron chi connectivity index (χ4n) is 0.386. The lowest BCUT2D eigenvalue weighted by molar-refractivity contribution is 0.500. The summed E-state index contributed by atoms with van der Waals surface area (Å²) in [6.45, 7) is 0. The number of nitrogens with zero attached hydrogens (tertiary/aromatic N) is 2. The van der Waals surface area contributed by atoms with Crippen molar-refractivity contribution in [1.29, 1.82) is 0 Å². The molecular formula is C4H5ClN2O. The van der Waals surface area contributed by atoms with Gasteiger partial charge in [0.05, 0.1) is 0 Å². The van der Waals surface area contributed by atoms with Crippen molar-refractivity contribution in [3.63, 3.8) is 0 Å². The molecule has 0 radical (unpaired) electrons. The van der Waals surface area contributed by atoms with Gasteiger partial charge in [0.1, 0.15) is 0 Å². The minimum Gasteiger partial charge on any atom is -0.428 e. The number of hydrogen-bond acceptors (Lipinski definition) is 3. The summed E-state index contributed by atoms with van der Waals surface area (Å²) in [6.07, 6.45) is 1.95. The van der Waals surface area contributed by atoms with Gasteiger partial charge in [-0.05, 0) is 0 Å². The first-order valence-electron chi connectivity index (χ1n) is 2.24. The van der Waals surface area contributed by atoms with Crippen molar-refractivity contribution >= 4 is 11.6 Å². The van der Waals surface area contributed by atoms with Crippen LogP contribution in [0.1, 0.15) is 5.89 Å². The lowest BCUT2D eigenvalue weighted by Gasteiger charge is -1.80. The molecule has 0 atom stereocenters. The van der Waals surface area contributed by atoms with E-state index in [1.165, 1.54) is 6.39 Å². The van der Waals surface area contributed by atoms with Crippen molar-refractivity contribution in [3.05, 3.63) is 12.3 Å². The van der Waals surface area contributed by atoms with Crippen LogP contribution < -0.4 is 0 Å². The van der Waals surface area contributed by atoms with Crippen LogP contribution >= 0.6 is 11.6 Å². The van der Waals surface area contributed by atoms with Crippen LogP contribution in [0.2, 0.25) is 0 Å². The van der Waals surface area contributed by atoms with Crippen molar-refractivity contribution in [2.45, 2.75) is 6.42 Å². The molecule has 0 aliphatic carbocycles. The van der Waals surface area contributed by atoms with Crippen molar-refractivity contribution in [2.24, 2.45) is 0 Å². The van der Waals surface area contributed by atoms with Gasteiger partial charge in [-0.2, -0.15) is 0 Å². The van der Waals surface area contributed by atoms with Crippen molar-refractivity contribution < 1.29 is 4.42 Å². The quantitative estimate of drug-likeness (QED) is 0.560. The Balaban J connectivity index is 2.50. The van der Waals surface area contributed by atoms with Crippen LogP contribution in [-0.4, -0.2) is 16.1 Å². The summed E-state index contributed by atoms with van der Waals surface area (Å²) in [4.78, 5) is 0. The summed E-state index contributed by atoms with van der Waals surface area (Å²) in [6, 6.07) is 0. The highest BCUT2D eigenvalue weighted by atomic mass is 35.5. The predicted molar refractivity (Wildman–Crippen MR) is 28.7 cm³/mol. The van der Waals surface area contributed by atoms with E-state index in [0.29, 0.717) is 18.2 Å². The summed E-state index contributed by atoms with van der Waals surface area (Å²) in [5.41, 5.74) is 0. The van der Waals surface area contributed by atoms with E-state index in [1.54, 1.807) is 0 Å². The molecule has 1 rings (SSSR count). The van der Waals surface area contributed by atoms with Crippen LogP contribution in [0.3, 0.4) is 0 Å². The molecule has 0 saturated heterocycles. The maximum atomic E-state index is 5.37. The fourth-order valence-corrected chi connectivity index (χ4v) is 0.547. The van der Waals surface area contributed by atoms with E-state index in [9.17, 15) is 0 Å². The third-order valence-electron chi connectivity index (χ3n) is 0.714. The third-order valence-corrected chi connectivity index (χ3v) is 0.902. The van der Waals surface area contributed by atoms with Gasteiger partial charge in [0.25, 0.3) is 0 Å². The second-order valence-electron chi connectivity index (χ2n) is 1.27. The van der Waals surface area contributed by atoms with Gasteiger partial charge >= 0.3 is 0 Å². The molecule has 0 N–H and O–H groups in total. The van der Waals surface area contributed by atoms with Crippen molar-refractivity contribution in [2.75, 3.05) is 5.88 Å². The highest BCUT2D eigenvalue weighted by Crippen LogP contribution is 1.93. The highest BCUT2D eigenvalue weighted by Gasteiger charge is 1.93. The molecule has 4 heteroatoms. The maximum Gasteiger partial charge on any atom is 0.217 e. The first kappa shape index (κ1) is 5.56. The second-order valence-corrected chi connectivity index (χ2v) is 1.65. The van der Waals surface area contributed by atoms with Gasteiger partial charge in [-0.3, -0.25) is 0 Å². The molecular weight excluding hydrogens is 128 g/mol. The number of halogens is 1. The number of aromatic nitrogens is 2. The minimum atomic E-state index is 0.530. The Morgan fingerprint density at radius 3 is 3.12 bits per heavy atom. The first-order valence-corrected chi connectivity index (χ1v) is 2.78. The Bertz CT molecular complexity index is 140. The molecule has 0 fully saturated rings. The van der Waals surface area contributed by atoms with Crippen LogP contribution in [0.25, 0.3) is 0 Å². The topological polar surface area (TPSA) is 38.9 Å². The molecule has 0 aliphatic heterocycles. The molecule has 8 heavy (non-hydrogen) atoms. The SMILES string of the molecule is ClCCc1nnco1. The number of rotatable bonds is 2. The Morgan fingerprint density at radius 1 is 1.75 bits per heavy atom. The molecule has 0 bridgehead atoms. The fraction of sp³-hybridized carbons (Fsp3) is 0.500. The van der Waals surface area contributed by atoms with Crippen molar-refractivity contribution in [1.82, 2.24) is 10.2 Å². The Kier molecular flexibility index (Phi) is 1.86. The molecule has 0 aromatic carbocycles. The van der Waals surface area contributed by atoms with Gasteiger partial charge in [0.15, 0.2) is 0 Å². The summed E-state index contributed by atoms with van der Waals surface area (Å²) in [7, 11) is 0. The Labute approximate surface area is 51.7 Å². The highest BCUT2D eigenvalue weighted by molar-refractivity contribution is 6.17. The molecule has 3 nitrogen and oxygen atoms in total. The van der Waals surface area contributed by atoms with E-state index in [-0.39, 0.29) is 0 Å². The maximum absolute atomic E-state index is 5.37. The van der Waals surface area contributed by atoms with Gasteiger partial charge in [0, 0.05) is 12.3 Å².